The summed E-state index contributed by atoms with van der Waals surface area (Å²) in [6.45, 7) is 13.6. The summed E-state index contributed by atoms with van der Waals surface area (Å²) in [7, 11) is 0. The van der Waals surface area contributed by atoms with Crippen LogP contribution in [0.25, 0.3) is 0 Å². The molecule has 130 valence electrons. The van der Waals surface area contributed by atoms with Crippen molar-refractivity contribution in [3.8, 4) is 0 Å². The molecule has 2 rings (SSSR count). The third-order valence-corrected chi connectivity index (χ3v) is 3.89. The first-order chi connectivity index (χ1) is 11.7. The van der Waals surface area contributed by atoms with Crippen molar-refractivity contribution in [2.24, 2.45) is 0 Å². The van der Waals surface area contributed by atoms with E-state index in [-0.39, 0.29) is 5.91 Å². The van der Waals surface area contributed by atoms with Gasteiger partial charge < -0.3 is 10.1 Å². The summed E-state index contributed by atoms with van der Waals surface area (Å²) < 4.78 is 5.36. The monoisotopic (exact) mass is 329 g/mol. The van der Waals surface area contributed by atoms with E-state index in [4.69, 9.17) is 4.74 Å². The lowest BCUT2D eigenvalue weighted by atomic mass is 10.2. The molecule has 1 aliphatic rings. The zero-order valence-electron chi connectivity index (χ0n) is 14.2. The summed E-state index contributed by atoms with van der Waals surface area (Å²) in [5.74, 6) is -0.0281. The molecule has 1 N–H and O–H groups in total. The highest BCUT2D eigenvalue weighted by molar-refractivity contribution is 5.92. The first kappa shape index (κ1) is 18.4. The molecule has 5 nitrogen and oxygen atoms in total. The molecule has 0 unspecified atom stereocenters. The van der Waals surface area contributed by atoms with Gasteiger partial charge in [0.25, 0.3) is 0 Å². The normalized spacial score (nSPS) is 15.2. The van der Waals surface area contributed by atoms with E-state index in [0.717, 1.165) is 38.5 Å². The van der Waals surface area contributed by atoms with Crippen molar-refractivity contribution in [1.29, 1.82) is 0 Å². The van der Waals surface area contributed by atoms with Crippen LogP contribution in [-0.4, -0.2) is 61.6 Å². The van der Waals surface area contributed by atoms with Gasteiger partial charge in [0, 0.05) is 38.4 Å². The van der Waals surface area contributed by atoms with Crippen LogP contribution in [0.1, 0.15) is 5.56 Å². The zero-order chi connectivity index (χ0) is 17.2. The van der Waals surface area contributed by atoms with E-state index < -0.39 is 0 Å². The molecular formula is C19H27N3O2. The van der Waals surface area contributed by atoms with Crippen LogP contribution in [-0.2, 0) is 16.1 Å². The Morgan fingerprint density at radius 3 is 2.38 bits per heavy atom. The minimum absolute atomic E-state index is 0.0281. The third kappa shape index (κ3) is 6.28. The molecule has 0 aromatic heterocycles. The van der Waals surface area contributed by atoms with Crippen molar-refractivity contribution in [3.63, 3.8) is 0 Å². The molecule has 1 aliphatic heterocycles. The maximum atomic E-state index is 12.1. The number of morpholine rings is 1. The second kappa shape index (κ2) is 10.0. The molecule has 0 aliphatic carbocycles. The number of nitrogens with zero attached hydrogens (tertiary/aromatic N) is 2. The number of benzene rings is 1. The van der Waals surface area contributed by atoms with Gasteiger partial charge in [-0.2, -0.15) is 0 Å². The smallest absolute Gasteiger partial charge is 0.238 e. The number of nitrogens with one attached hydrogen (secondary N) is 1. The molecule has 0 saturated carbocycles. The molecular weight excluding hydrogens is 302 g/mol. The molecule has 0 bridgehead atoms. The lowest BCUT2D eigenvalue weighted by Crippen LogP contribution is -2.35. The van der Waals surface area contributed by atoms with E-state index in [2.05, 4.69) is 35.5 Å². The molecule has 1 amide bonds. The Bertz CT molecular complexity index is 526. The fourth-order valence-corrected chi connectivity index (χ4v) is 2.68. The second-order valence-corrected chi connectivity index (χ2v) is 5.91. The number of ether oxygens (including phenoxy) is 1. The number of anilines is 1. The largest absolute Gasteiger partial charge is 0.379 e. The van der Waals surface area contributed by atoms with E-state index in [9.17, 15) is 4.79 Å². The van der Waals surface area contributed by atoms with Crippen molar-refractivity contribution in [2.75, 3.05) is 51.3 Å². The quantitative estimate of drug-likeness (QED) is 0.705. The lowest BCUT2D eigenvalue weighted by Gasteiger charge is -2.26. The van der Waals surface area contributed by atoms with E-state index in [0.29, 0.717) is 19.6 Å². The third-order valence-electron chi connectivity index (χ3n) is 3.89. The standard InChI is InChI=1S/C19H27N3O2/c1-3-9-21(10-4-2)16-19(23)20-18-7-5-17(6-8-18)15-22-11-13-24-14-12-22/h3-8H,1-2,9-16H2,(H,20,23). The Morgan fingerprint density at radius 1 is 1.17 bits per heavy atom. The topological polar surface area (TPSA) is 44.8 Å². The van der Waals surface area contributed by atoms with Crippen molar-refractivity contribution in [2.45, 2.75) is 6.54 Å². The van der Waals surface area contributed by atoms with Gasteiger partial charge in [0.05, 0.1) is 19.8 Å². The average Bonchev–Trinajstić information content (AvgIpc) is 2.58. The van der Waals surface area contributed by atoms with Gasteiger partial charge in [-0.05, 0) is 17.7 Å². The molecule has 0 spiro atoms. The SMILES string of the molecule is C=CCN(CC=C)CC(=O)Nc1ccc(CN2CCOCC2)cc1. The van der Waals surface area contributed by atoms with Crippen molar-refractivity contribution >= 4 is 11.6 Å². The van der Waals surface area contributed by atoms with Gasteiger partial charge in [0.1, 0.15) is 0 Å². The first-order valence-electron chi connectivity index (χ1n) is 8.34. The van der Waals surface area contributed by atoms with E-state index in [1.54, 1.807) is 12.2 Å². The van der Waals surface area contributed by atoms with Crippen molar-refractivity contribution in [1.82, 2.24) is 9.80 Å². The van der Waals surface area contributed by atoms with Crippen LogP contribution < -0.4 is 5.32 Å². The summed E-state index contributed by atoms with van der Waals surface area (Å²) in [5.41, 5.74) is 2.07. The summed E-state index contributed by atoms with van der Waals surface area (Å²) in [5, 5.41) is 2.94. The van der Waals surface area contributed by atoms with E-state index in [1.165, 1.54) is 5.56 Å². The predicted octanol–water partition coefficient (Wildman–Crippen LogP) is 2.13. The minimum Gasteiger partial charge on any atom is -0.379 e. The molecule has 1 fully saturated rings. The Labute approximate surface area is 144 Å². The van der Waals surface area contributed by atoms with Crippen LogP contribution in [0.2, 0.25) is 0 Å². The number of amides is 1. The fourth-order valence-electron chi connectivity index (χ4n) is 2.68. The minimum atomic E-state index is -0.0281. The lowest BCUT2D eigenvalue weighted by molar-refractivity contribution is -0.117. The van der Waals surface area contributed by atoms with Gasteiger partial charge >= 0.3 is 0 Å². The maximum absolute atomic E-state index is 12.1. The maximum Gasteiger partial charge on any atom is 0.238 e. The number of rotatable bonds is 9. The molecule has 5 heteroatoms. The van der Waals surface area contributed by atoms with Crippen LogP contribution >= 0.6 is 0 Å². The Hall–Kier alpha value is -1.95. The van der Waals surface area contributed by atoms with Gasteiger partial charge in [0.15, 0.2) is 0 Å². The van der Waals surface area contributed by atoms with Crippen LogP contribution in [0.15, 0.2) is 49.6 Å². The highest BCUT2D eigenvalue weighted by Crippen LogP contribution is 2.12. The summed E-state index contributed by atoms with van der Waals surface area (Å²) in [4.78, 5) is 16.5. The predicted molar refractivity (Wildman–Crippen MR) is 98.0 cm³/mol. The fraction of sp³-hybridized carbons (Fsp3) is 0.421. The number of carbonyl (C=O) groups excluding carboxylic acids is 1. The number of hydrogen-bond acceptors (Lipinski definition) is 4. The van der Waals surface area contributed by atoms with E-state index >= 15 is 0 Å². The molecule has 1 saturated heterocycles. The molecule has 0 atom stereocenters. The highest BCUT2D eigenvalue weighted by atomic mass is 16.5. The first-order valence-corrected chi connectivity index (χ1v) is 8.34. The Kier molecular flexibility index (Phi) is 7.68. The Morgan fingerprint density at radius 2 is 1.79 bits per heavy atom. The zero-order valence-corrected chi connectivity index (χ0v) is 14.2. The van der Waals surface area contributed by atoms with E-state index in [1.807, 2.05) is 17.0 Å². The summed E-state index contributed by atoms with van der Waals surface area (Å²) in [6.07, 6.45) is 3.58. The molecule has 0 radical (unpaired) electrons. The van der Waals surface area contributed by atoms with Crippen LogP contribution in [0.3, 0.4) is 0 Å². The van der Waals surface area contributed by atoms with Crippen LogP contribution in [0, 0.1) is 0 Å². The van der Waals surface area contributed by atoms with Gasteiger partial charge in [-0.1, -0.05) is 24.3 Å². The average molecular weight is 329 g/mol. The van der Waals surface area contributed by atoms with Gasteiger partial charge in [-0.3, -0.25) is 14.6 Å². The summed E-state index contributed by atoms with van der Waals surface area (Å²) in [6, 6.07) is 8.05. The highest BCUT2D eigenvalue weighted by Gasteiger charge is 2.11. The number of carbonyl (C=O) groups is 1. The van der Waals surface area contributed by atoms with Crippen molar-refractivity contribution in [3.05, 3.63) is 55.1 Å². The van der Waals surface area contributed by atoms with Crippen LogP contribution in [0.4, 0.5) is 5.69 Å². The molecule has 1 heterocycles. The molecule has 1 aromatic rings. The van der Waals surface area contributed by atoms with Gasteiger partial charge in [0.2, 0.25) is 5.91 Å². The van der Waals surface area contributed by atoms with Gasteiger partial charge in [-0.15, -0.1) is 13.2 Å². The van der Waals surface area contributed by atoms with Crippen molar-refractivity contribution < 1.29 is 9.53 Å². The van der Waals surface area contributed by atoms with Crippen LogP contribution in [0.5, 0.6) is 0 Å². The molecule has 1 aromatic carbocycles. The summed E-state index contributed by atoms with van der Waals surface area (Å²) >= 11 is 0. The van der Waals surface area contributed by atoms with Gasteiger partial charge in [-0.25, -0.2) is 0 Å². The second-order valence-electron chi connectivity index (χ2n) is 5.91. The molecule has 24 heavy (non-hydrogen) atoms. The number of hydrogen-bond donors (Lipinski definition) is 1. The Balaban J connectivity index is 1.82.